The van der Waals surface area contributed by atoms with Gasteiger partial charge in [-0.05, 0) is 42.9 Å². The summed E-state index contributed by atoms with van der Waals surface area (Å²) in [6, 6.07) is 12.8. The molecule has 1 aliphatic heterocycles. The molecule has 0 aliphatic carbocycles. The van der Waals surface area contributed by atoms with Crippen molar-refractivity contribution >= 4 is 27.5 Å². The van der Waals surface area contributed by atoms with E-state index < -0.39 is 22.0 Å². The minimum Gasteiger partial charge on any atom is -0.338 e. The van der Waals surface area contributed by atoms with Crippen LogP contribution in [0.25, 0.3) is 0 Å². The van der Waals surface area contributed by atoms with Crippen LogP contribution in [0, 0.1) is 0 Å². The molecule has 10 heteroatoms. The van der Waals surface area contributed by atoms with Gasteiger partial charge >= 0.3 is 0 Å². The summed E-state index contributed by atoms with van der Waals surface area (Å²) in [7, 11) is 0.132. The van der Waals surface area contributed by atoms with E-state index in [0.717, 1.165) is 5.56 Å². The maximum absolute atomic E-state index is 13.2. The number of hydrogen-bond acceptors (Lipinski definition) is 5. The highest BCUT2D eigenvalue weighted by Crippen LogP contribution is 2.24. The topological polar surface area (TPSA) is 87.5 Å². The van der Waals surface area contributed by atoms with Gasteiger partial charge in [0.2, 0.25) is 10.0 Å². The summed E-state index contributed by atoms with van der Waals surface area (Å²) in [6.45, 7) is 2.19. The van der Waals surface area contributed by atoms with E-state index >= 15 is 0 Å². The third-order valence-electron chi connectivity index (χ3n) is 5.79. The molecule has 1 saturated heterocycles. The Morgan fingerprint density at radius 2 is 1.76 bits per heavy atom. The molecule has 1 aliphatic rings. The van der Waals surface area contributed by atoms with Crippen molar-refractivity contribution in [2.24, 2.45) is 7.05 Å². The first-order valence-corrected chi connectivity index (χ1v) is 12.4. The van der Waals surface area contributed by atoms with Crippen molar-refractivity contribution in [3.63, 3.8) is 0 Å². The van der Waals surface area contributed by atoms with Crippen molar-refractivity contribution in [1.82, 2.24) is 24.1 Å². The Morgan fingerprint density at radius 3 is 2.39 bits per heavy atom. The van der Waals surface area contributed by atoms with Crippen LogP contribution in [0.1, 0.15) is 27.8 Å². The van der Waals surface area contributed by atoms with Crippen LogP contribution in [0.5, 0.6) is 0 Å². The smallest absolute Gasteiger partial charge is 0.252 e. The Kier molecular flexibility index (Phi) is 6.85. The van der Waals surface area contributed by atoms with E-state index in [-0.39, 0.29) is 10.5 Å². The van der Waals surface area contributed by atoms with Gasteiger partial charge in [0.25, 0.3) is 5.91 Å². The second-order valence-corrected chi connectivity index (χ2v) is 10.5. The highest BCUT2D eigenvalue weighted by atomic mass is 35.5. The Bertz CT molecular complexity index is 1230. The molecule has 1 fully saturated rings. The van der Waals surface area contributed by atoms with Gasteiger partial charge in [0.1, 0.15) is 11.9 Å². The molecule has 0 spiro atoms. The van der Waals surface area contributed by atoms with Crippen LogP contribution in [0.2, 0.25) is 5.02 Å². The molecule has 0 unspecified atom stereocenters. The fraction of sp³-hybridized carbons (Fsp3) is 0.304. The van der Waals surface area contributed by atoms with Gasteiger partial charge in [-0.15, -0.1) is 0 Å². The lowest BCUT2D eigenvalue weighted by atomic mass is 10.1. The number of aromatic nitrogens is 2. The number of nitrogens with one attached hydrogen (secondary N) is 1. The summed E-state index contributed by atoms with van der Waals surface area (Å²) in [5, 5.41) is 3.58. The number of piperazine rings is 1. The van der Waals surface area contributed by atoms with Crippen molar-refractivity contribution in [3.8, 4) is 0 Å². The van der Waals surface area contributed by atoms with Crippen LogP contribution >= 0.6 is 11.6 Å². The molecule has 0 saturated carbocycles. The number of likely N-dealkylation sites (N-methyl/N-ethyl adjacent to an activating group) is 1. The van der Waals surface area contributed by atoms with Gasteiger partial charge in [-0.3, -0.25) is 4.79 Å². The molecule has 3 aromatic rings. The molecular formula is C23H26ClN5O3S. The van der Waals surface area contributed by atoms with Crippen LogP contribution in [0.15, 0.2) is 65.8 Å². The van der Waals surface area contributed by atoms with Crippen LogP contribution in [0.4, 0.5) is 0 Å². The molecule has 1 amide bonds. The molecule has 1 atom stereocenters. The number of carbonyl (C=O) groups is 1. The number of imidazole rings is 1. The summed E-state index contributed by atoms with van der Waals surface area (Å²) in [6.07, 6.45) is 3.46. The van der Waals surface area contributed by atoms with Crippen molar-refractivity contribution in [2.45, 2.75) is 10.9 Å². The standard InChI is InChI=1S/C23H26ClN5O3S/c1-27-12-14-29(15-13-27)33(31,32)20-5-3-4-18(16-20)23(30)26-21(22-25-10-11-28(22)2)17-6-8-19(24)9-7-17/h3-11,16,21H,12-15H2,1-2H3,(H,26,30)/t21-/m0/s1. The van der Waals surface area contributed by atoms with Crippen LogP contribution in [0.3, 0.4) is 0 Å². The minimum absolute atomic E-state index is 0.111. The Hall–Kier alpha value is -2.72. The number of nitrogens with zero attached hydrogens (tertiary/aromatic N) is 4. The van der Waals surface area contributed by atoms with Crippen molar-refractivity contribution in [2.75, 3.05) is 33.2 Å². The Morgan fingerprint density at radius 1 is 1.06 bits per heavy atom. The van der Waals surface area contributed by atoms with Gasteiger partial charge in [-0.1, -0.05) is 29.8 Å². The van der Waals surface area contributed by atoms with Gasteiger partial charge in [-0.25, -0.2) is 13.4 Å². The second kappa shape index (κ2) is 9.64. The molecule has 2 heterocycles. The second-order valence-electron chi connectivity index (χ2n) is 8.09. The Labute approximate surface area is 198 Å². The van der Waals surface area contributed by atoms with Crippen LogP contribution in [-0.2, 0) is 17.1 Å². The van der Waals surface area contributed by atoms with Gasteiger partial charge in [0.05, 0.1) is 4.90 Å². The summed E-state index contributed by atoms with van der Waals surface area (Å²) in [5.41, 5.74) is 1.07. The average molecular weight is 488 g/mol. The minimum atomic E-state index is -3.68. The maximum Gasteiger partial charge on any atom is 0.252 e. The zero-order valence-corrected chi connectivity index (χ0v) is 20.1. The highest BCUT2D eigenvalue weighted by molar-refractivity contribution is 7.89. The van der Waals surface area contributed by atoms with Crippen LogP contribution in [-0.4, -0.2) is 66.3 Å². The summed E-state index contributed by atoms with van der Waals surface area (Å²) >= 11 is 6.03. The molecule has 0 radical (unpaired) electrons. The molecule has 2 aromatic carbocycles. The fourth-order valence-electron chi connectivity index (χ4n) is 3.80. The predicted molar refractivity (Wildman–Crippen MR) is 127 cm³/mol. The number of rotatable bonds is 6. The molecule has 0 bridgehead atoms. The number of carbonyl (C=O) groups excluding carboxylic acids is 1. The van der Waals surface area contributed by atoms with Crippen LogP contribution < -0.4 is 5.32 Å². The van der Waals surface area contributed by atoms with Crippen molar-refractivity contribution < 1.29 is 13.2 Å². The summed E-state index contributed by atoms with van der Waals surface area (Å²) in [5.74, 6) is 0.250. The van der Waals surface area contributed by atoms with E-state index in [2.05, 4.69) is 15.2 Å². The first kappa shape index (κ1) is 23.4. The highest BCUT2D eigenvalue weighted by Gasteiger charge is 2.28. The monoisotopic (exact) mass is 487 g/mol. The summed E-state index contributed by atoms with van der Waals surface area (Å²) in [4.78, 5) is 19.8. The normalized spacial score (nSPS) is 16.5. The first-order valence-electron chi connectivity index (χ1n) is 10.6. The quantitative estimate of drug-likeness (QED) is 0.577. The largest absolute Gasteiger partial charge is 0.338 e. The molecule has 1 N–H and O–H groups in total. The van der Waals surface area contributed by atoms with E-state index in [1.807, 2.05) is 30.8 Å². The lowest BCUT2D eigenvalue weighted by Crippen LogP contribution is -2.47. The lowest BCUT2D eigenvalue weighted by Gasteiger charge is -2.31. The fourth-order valence-corrected chi connectivity index (χ4v) is 5.39. The van der Waals surface area contributed by atoms with E-state index in [1.165, 1.54) is 16.4 Å². The van der Waals surface area contributed by atoms with E-state index in [1.54, 1.807) is 36.7 Å². The molecule has 174 valence electrons. The molecular weight excluding hydrogens is 462 g/mol. The van der Waals surface area contributed by atoms with Gasteiger partial charge < -0.3 is 14.8 Å². The number of halogens is 1. The zero-order valence-electron chi connectivity index (χ0n) is 18.5. The number of hydrogen-bond donors (Lipinski definition) is 1. The zero-order chi connectivity index (χ0) is 23.6. The van der Waals surface area contributed by atoms with Gasteiger partial charge in [-0.2, -0.15) is 4.31 Å². The molecule has 8 nitrogen and oxygen atoms in total. The van der Waals surface area contributed by atoms with Gasteiger partial charge in [0, 0.05) is 56.2 Å². The number of benzene rings is 2. The Balaban J connectivity index is 1.60. The molecule has 1 aromatic heterocycles. The number of amides is 1. The first-order chi connectivity index (χ1) is 15.8. The predicted octanol–water partition coefficient (Wildman–Crippen LogP) is 2.53. The molecule has 33 heavy (non-hydrogen) atoms. The molecule has 4 rings (SSSR count). The third kappa shape index (κ3) is 5.11. The number of aryl methyl sites for hydroxylation is 1. The van der Waals surface area contributed by atoms with E-state index in [9.17, 15) is 13.2 Å². The average Bonchev–Trinajstić information content (AvgIpc) is 3.24. The number of sulfonamides is 1. The van der Waals surface area contributed by atoms with Gasteiger partial charge in [0.15, 0.2) is 0 Å². The van der Waals surface area contributed by atoms with E-state index in [4.69, 9.17) is 11.6 Å². The summed E-state index contributed by atoms with van der Waals surface area (Å²) < 4.78 is 29.5. The SMILES string of the molecule is CN1CCN(S(=O)(=O)c2cccc(C(=O)N[C@@H](c3ccc(Cl)cc3)c3nccn3C)c2)CC1. The lowest BCUT2D eigenvalue weighted by molar-refractivity contribution is 0.0941. The van der Waals surface area contributed by atoms with Crippen molar-refractivity contribution in [3.05, 3.63) is 82.9 Å². The third-order valence-corrected chi connectivity index (χ3v) is 7.94. The van der Waals surface area contributed by atoms with Crippen molar-refractivity contribution in [1.29, 1.82) is 0 Å². The van der Waals surface area contributed by atoms with E-state index in [0.29, 0.717) is 37.0 Å². The maximum atomic E-state index is 13.2.